The van der Waals surface area contributed by atoms with E-state index >= 15 is 0 Å². The van der Waals surface area contributed by atoms with Crippen LogP contribution in [0, 0.1) is 26.2 Å². The summed E-state index contributed by atoms with van der Waals surface area (Å²) in [6.07, 6.45) is 5.41. The minimum atomic E-state index is -0.383. The number of aryl methyl sites for hydroxylation is 1. The number of aromatic nitrogens is 1. The van der Waals surface area contributed by atoms with Gasteiger partial charge in [-0.2, -0.15) is 0 Å². The van der Waals surface area contributed by atoms with E-state index in [0.717, 1.165) is 22.4 Å². The number of H-pyrrole nitrogens is 1. The first-order valence-corrected chi connectivity index (χ1v) is 6.00. The van der Waals surface area contributed by atoms with Crippen LogP contribution in [-0.2, 0) is 11.3 Å². The number of carbonyl (C=O) groups excluding carboxylic acids is 1. The van der Waals surface area contributed by atoms with Gasteiger partial charge in [0.05, 0.1) is 0 Å². The second kappa shape index (κ2) is 5.45. The van der Waals surface area contributed by atoms with Crippen LogP contribution >= 0.6 is 0 Å². The fraction of sp³-hybridized carbons (Fsp3) is 0.188. The van der Waals surface area contributed by atoms with Crippen LogP contribution in [0.5, 0.6) is 0 Å². The summed E-state index contributed by atoms with van der Waals surface area (Å²) in [5.41, 5.74) is 3.69. The highest BCUT2D eigenvalue weighted by atomic mass is 16.5. The van der Waals surface area contributed by atoms with Gasteiger partial charge in [-0.15, -0.1) is 6.42 Å². The molecule has 0 aliphatic rings. The van der Waals surface area contributed by atoms with E-state index in [2.05, 4.69) is 10.9 Å². The van der Waals surface area contributed by atoms with Gasteiger partial charge in [-0.25, -0.2) is 4.79 Å². The third-order valence-corrected chi connectivity index (χ3v) is 3.00. The van der Waals surface area contributed by atoms with Gasteiger partial charge in [0.2, 0.25) is 0 Å². The van der Waals surface area contributed by atoms with Crippen molar-refractivity contribution in [3.63, 3.8) is 0 Å². The highest BCUT2D eigenvalue weighted by molar-refractivity contribution is 5.90. The second-order valence-electron chi connectivity index (χ2n) is 4.33. The average Bonchev–Trinajstić information content (AvgIpc) is 2.72. The van der Waals surface area contributed by atoms with Gasteiger partial charge in [0.15, 0.2) is 0 Å². The van der Waals surface area contributed by atoms with E-state index < -0.39 is 0 Å². The molecule has 1 aromatic carbocycles. The summed E-state index contributed by atoms with van der Waals surface area (Å²) < 4.78 is 5.27. The lowest BCUT2D eigenvalue weighted by Crippen LogP contribution is -2.07. The fourth-order valence-corrected chi connectivity index (χ4v) is 1.97. The van der Waals surface area contributed by atoms with Gasteiger partial charge >= 0.3 is 5.97 Å². The molecule has 96 valence electrons. The van der Waals surface area contributed by atoms with Crippen LogP contribution in [0.2, 0.25) is 0 Å². The molecule has 0 amide bonds. The maximum atomic E-state index is 12.0. The van der Waals surface area contributed by atoms with Crippen molar-refractivity contribution in [2.75, 3.05) is 0 Å². The van der Waals surface area contributed by atoms with Gasteiger partial charge in [-0.1, -0.05) is 36.3 Å². The van der Waals surface area contributed by atoms with Crippen molar-refractivity contribution in [1.82, 2.24) is 4.98 Å². The Hall–Kier alpha value is -2.47. The number of rotatable bonds is 3. The minimum absolute atomic E-state index is 0.253. The first-order chi connectivity index (χ1) is 9.13. The minimum Gasteiger partial charge on any atom is -0.456 e. The van der Waals surface area contributed by atoms with E-state index in [-0.39, 0.29) is 12.6 Å². The fourth-order valence-electron chi connectivity index (χ4n) is 1.97. The molecule has 2 rings (SSSR count). The van der Waals surface area contributed by atoms with Crippen molar-refractivity contribution in [2.24, 2.45) is 0 Å². The summed E-state index contributed by atoms with van der Waals surface area (Å²) in [5.74, 6) is 2.19. The maximum Gasteiger partial charge on any atom is 0.355 e. The number of aromatic amines is 1. The van der Waals surface area contributed by atoms with Crippen molar-refractivity contribution >= 4 is 5.97 Å². The molecule has 0 spiro atoms. The summed E-state index contributed by atoms with van der Waals surface area (Å²) in [4.78, 5) is 15.0. The van der Waals surface area contributed by atoms with Crippen LogP contribution in [0.25, 0.3) is 0 Å². The maximum absolute atomic E-state index is 12.0. The smallest absolute Gasteiger partial charge is 0.355 e. The quantitative estimate of drug-likeness (QED) is 0.675. The van der Waals surface area contributed by atoms with Crippen LogP contribution < -0.4 is 0 Å². The first-order valence-electron chi connectivity index (χ1n) is 6.00. The molecule has 1 aromatic heterocycles. The Morgan fingerprint density at radius 2 is 2.00 bits per heavy atom. The standard InChI is InChI=1S/C16H15NO2/c1-4-14-11(2)15(17-12(14)3)16(18)19-10-13-8-6-5-7-9-13/h1,5-9,17H,10H2,2-3H3. The summed E-state index contributed by atoms with van der Waals surface area (Å²) >= 11 is 0. The zero-order valence-electron chi connectivity index (χ0n) is 11.0. The molecule has 2 aromatic rings. The van der Waals surface area contributed by atoms with Gasteiger partial charge in [0, 0.05) is 11.3 Å². The summed E-state index contributed by atoms with van der Waals surface area (Å²) in [5, 5.41) is 0. The molecule has 0 saturated carbocycles. The number of hydrogen-bond donors (Lipinski definition) is 1. The predicted molar refractivity (Wildman–Crippen MR) is 73.8 cm³/mol. The number of hydrogen-bond acceptors (Lipinski definition) is 2. The molecule has 3 nitrogen and oxygen atoms in total. The monoisotopic (exact) mass is 253 g/mol. The molecular formula is C16H15NO2. The van der Waals surface area contributed by atoms with Crippen LogP contribution in [0.3, 0.4) is 0 Å². The number of esters is 1. The lowest BCUT2D eigenvalue weighted by molar-refractivity contribution is 0.0465. The van der Waals surface area contributed by atoms with E-state index in [4.69, 9.17) is 11.2 Å². The molecule has 3 heteroatoms. The van der Waals surface area contributed by atoms with Crippen LogP contribution in [0.15, 0.2) is 30.3 Å². The van der Waals surface area contributed by atoms with Gasteiger partial charge in [-0.05, 0) is 25.0 Å². The first kappa shape index (κ1) is 13.0. The molecule has 19 heavy (non-hydrogen) atoms. The molecule has 0 radical (unpaired) electrons. The van der Waals surface area contributed by atoms with Crippen molar-refractivity contribution in [2.45, 2.75) is 20.5 Å². The Morgan fingerprint density at radius 1 is 1.32 bits per heavy atom. The Kier molecular flexibility index (Phi) is 3.72. The molecule has 0 aliphatic heterocycles. The van der Waals surface area contributed by atoms with Crippen molar-refractivity contribution in [1.29, 1.82) is 0 Å². The van der Waals surface area contributed by atoms with Crippen LogP contribution in [-0.4, -0.2) is 11.0 Å². The highest BCUT2D eigenvalue weighted by Crippen LogP contribution is 2.17. The van der Waals surface area contributed by atoms with E-state index in [9.17, 15) is 4.79 Å². The molecule has 0 atom stereocenters. The van der Waals surface area contributed by atoms with E-state index in [1.54, 1.807) is 0 Å². The van der Waals surface area contributed by atoms with Crippen molar-refractivity contribution in [3.8, 4) is 12.3 Å². The molecular weight excluding hydrogens is 238 g/mol. The normalized spacial score (nSPS) is 9.95. The number of terminal acetylenes is 1. The van der Waals surface area contributed by atoms with Gasteiger partial charge in [0.25, 0.3) is 0 Å². The predicted octanol–water partition coefficient (Wildman–Crippen LogP) is 2.97. The van der Waals surface area contributed by atoms with Gasteiger partial charge in [0.1, 0.15) is 12.3 Å². The van der Waals surface area contributed by atoms with Crippen molar-refractivity contribution < 1.29 is 9.53 Å². The number of carbonyl (C=O) groups is 1. The van der Waals surface area contributed by atoms with Crippen LogP contribution in [0.1, 0.15) is 32.9 Å². The van der Waals surface area contributed by atoms with Gasteiger partial charge in [-0.3, -0.25) is 0 Å². The third kappa shape index (κ3) is 2.69. The lowest BCUT2D eigenvalue weighted by Gasteiger charge is -2.04. The zero-order chi connectivity index (χ0) is 13.8. The summed E-state index contributed by atoms with van der Waals surface area (Å²) in [6, 6.07) is 9.55. The van der Waals surface area contributed by atoms with Crippen LogP contribution in [0.4, 0.5) is 0 Å². The summed E-state index contributed by atoms with van der Waals surface area (Å²) in [6.45, 7) is 3.91. The number of nitrogens with one attached hydrogen (secondary N) is 1. The third-order valence-electron chi connectivity index (χ3n) is 3.00. The Morgan fingerprint density at radius 3 is 2.58 bits per heavy atom. The SMILES string of the molecule is C#Cc1c(C)[nH]c(C(=O)OCc2ccccc2)c1C. The van der Waals surface area contributed by atoms with E-state index in [1.165, 1.54) is 0 Å². The highest BCUT2D eigenvalue weighted by Gasteiger charge is 2.17. The van der Waals surface area contributed by atoms with Crippen molar-refractivity contribution in [3.05, 3.63) is 58.4 Å². The molecule has 0 saturated heterocycles. The van der Waals surface area contributed by atoms with E-state index in [1.807, 2.05) is 44.2 Å². The molecule has 1 heterocycles. The molecule has 0 unspecified atom stereocenters. The Labute approximate surface area is 112 Å². The zero-order valence-corrected chi connectivity index (χ0v) is 11.0. The summed E-state index contributed by atoms with van der Waals surface area (Å²) in [7, 11) is 0. The molecule has 1 N–H and O–H groups in total. The van der Waals surface area contributed by atoms with E-state index in [0.29, 0.717) is 5.69 Å². The lowest BCUT2D eigenvalue weighted by atomic mass is 10.1. The molecule has 0 bridgehead atoms. The number of ether oxygens (including phenoxy) is 1. The van der Waals surface area contributed by atoms with Gasteiger partial charge < -0.3 is 9.72 Å². The second-order valence-corrected chi connectivity index (χ2v) is 4.33. The average molecular weight is 253 g/mol. The Bertz CT molecular complexity index is 633. The Balaban J connectivity index is 2.11. The largest absolute Gasteiger partial charge is 0.456 e. The molecule has 0 aliphatic carbocycles. The topological polar surface area (TPSA) is 42.1 Å². The number of benzene rings is 1. The molecule has 0 fully saturated rings.